The third kappa shape index (κ3) is 1.52. The van der Waals surface area contributed by atoms with Crippen molar-refractivity contribution in [2.75, 3.05) is 0 Å². The first-order chi connectivity index (χ1) is 6.24. The van der Waals surface area contributed by atoms with Crippen LogP contribution in [0.15, 0.2) is 0 Å². The van der Waals surface area contributed by atoms with E-state index in [2.05, 4.69) is 26.1 Å². The van der Waals surface area contributed by atoms with Gasteiger partial charge in [-0.05, 0) is 37.5 Å². The van der Waals surface area contributed by atoms with E-state index in [1.807, 2.05) is 0 Å². The molecule has 5 unspecified atom stereocenters. The number of nitrogens with one attached hydrogen (secondary N) is 1. The van der Waals surface area contributed by atoms with Gasteiger partial charge >= 0.3 is 0 Å². The minimum Gasteiger partial charge on any atom is -0.311 e. The fraction of sp³-hybridized carbons (Fsp3) is 1.00. The van der Waals surface area contributed by atoms with E-state index in [1.165, 1.54) is 25.7 Å². The van der Waals surface area contributed by atoms with Crippen molar-refractivity contribution >= 4 is 0 Å². The molecule has 0 aromatic heterocycles. The number of hydrogen-bond acceptors (Lipinski definition) is 1. The summed E-state index contributed by atoms with van der Waals surface area (Å²) in [5, 5.41) is 3.69. The maximum absolute atomic E-state index is 3.69. The lowest BCUT2D eigenvalue weighted by molar-refractivity contribution is 0.130. The van der Waals surface area contributed by atoms with Gasteiger partial charge in [-0.15, -0.1) is 0 Å². The largest absolute Gasteiger partial charge is 0.311 e. The summed E-state index contributed by atoms with van der Waals surface area (Å²) in [5.74, 6) is 2.97. The van der Waals surface area contributed by atoms with Gasteiger partial charge in [0.1, 0.15) is 0 Å². The van der Waals surface area contributed by atoms with Crippen molar-refractivity contribution in [3.05, 3.63) is 0 Å². The molecule has 1 saturated heterocycles. The molecule has 2 aliphatic rings. The molecule has 1 aliphatic heterocycles. The smallest absolute Gasteiger partial charge is 0.0144 e. The molecule has 1 heteroatoms. The van der Waals surface area contributed by atoms with E-state index in [0.717, 1.165) is 29.8 Å². The standard InChI is InChI=1S/C12H23N/c1-4-5-6-10-7-8(2)11-9(3)13-12(10)11/h8-13H,4-7H2,1-3H3. The van der Waals surface area contributed by atoms with E-state index in [-0.39, 0.29) is 0 Å². The first kappa shape index (κ1) is 9.51. The normalized spacial score (nSPS) is 48.7. The molecule has 13 heavy (non-hydrogen) atoms. The molecule has 1 heterocycles. The highest BCUT2D eigenvalue weighted by molar-refractivity contribution is 5.06. The Morgan fingerprint density at radius 2 is 2.08 bits per heavy atom. The van der Waals surface area contributed by atoms with Crippen LogP contribution in [0.5, 0.6) is 0 Å². The summed E-state index contributed by atoms with van der Waals surface area (Å²) in [5.41, 5.74) is 0. The summed E-state index contributed by atoms with van der Waals surface area (Å²) in [7, 11) is 0. The van der Waals surface area contributed by atoms with Crippen molar-refractivity contribution in [3.8, 4) is 0 Å². The van der Waals surface area contributed by atoms with Crippen molar-refractivity contribution < 1.29 is 0 Å². The van der Waals surface area contributed by atoms with Gasteiger partial charge < -0.3 is 5.32 Å². The fourth-order valence-electron chi connectivity index (χ4n) is 3.56. The third-order valence-corrected chi connectivity index (χ3v) is 4.22. The van der Waals surface area contributed by atoms with Crippen LogP contribution in [0.4, 0.5) is 0 Å². The van der Waals surface area contributed by atoms with Crippen molar-refractivity contribution in [1.82, 2.24) is 5.32 Å². The summed E-state index contributed by atoms with van der Waals surface area (Å²) >= 11 is 0. The Morgan fingerprint density at radius 1 is 1.31 bits per heavy atom. The highest BCUT2D eigenvalue weighted by Gasteiger charge is 2.50. The maximum Gasteiger partial charge on any atom is 0.0144 e. The first-order valence-corrected chi connectivity index (χ1v) is 6.00. The molecule has 0 bridgehead atoms. The molecule has 0 radical (unpaired) electrons. The molecule has 1 nitrogen and oxygen atoms in total. The summed E-state index contributed by atoms with van der Waals surface area (Å²) in [6, 6.07) is 1.68. The SMILES string of the molecule is CCCCC1CC(C)C2C(C)NC12. The van der Waals surface area contributed by atoms with E-state index in [4.69, 9.17) is 0 Å². The third-order valence-electron chi connectivity index (χ3n) is 4.22. The average molecular weight is 181 g/mol. The predicted octanol–water partition coefficient (Wildman–Crippen LogP) is 2.81. The lowest BCUT2D eigenvalue weighted by Crippen LogP contribution is -2.60. The molecule has 1 aliphatic carbocycles. The van der Waals surface area contributed by atoms with Crippen LogP contribution in [0.1, 0.15) is 46.5 Å². The Balaban J connectivity index is 1.88. The Hall–Kier alpha value is -0.0400. The van der Waals surface area contributed by atoms with Gasteiger partial charge in [-0.2, -0.15) is 0 Å². The van der Waals surface area contributed by atoms with Crippen LogP contribution < -0.4 is 5.32 Å². The summed E-state index contributed by atoms with van der Waals surface area (Å²) in [6.45, 7) is 7.09. The second-order valence-corrected chi connectivity index (χ2v) is 5.17. The van der Waals surface area contributed by atoms with Crippen LogP contribution in [0.25, 0.3) is 0 Å². The number of unbranched alkanes of at least 4 members (excludes halogenated alkanes) is 1. The van der Waals surface area contributed by atoms with Crippen LogP contribution in [0.2, 0.25) is 0 Å². The van der Waals surface area contributed by atoms with Gasteiger partial charge in [-0.3, -0.25) is 0 Å². The Labute approximate surface area is 82.3 Å². The van der Waals surface area contributed by atoms with Crippen LogP contribution in [-0.2, 0) is 0 Å². The molecule has 0 aromatic rings. The monoisotopic (exact) mass is 181 g/mol. The summed E-state index contributed by atoms with van der Waals surface area (Å²) in [6.07, 6.45) is 5.73. The zero-order valence-electron chi connectivity index (χ0n) is 9.22. The molecule has 0 amide bonds. The van der Waals surface area contributed by atoms with Gasteiger partial charge in [-0.25, -0.2) is 0 Å². The van der Waals surface area contributed by atoms with Crippen LogP contribution in [0, 0.1) is 17.8 Å². The number of rotatable bonds is 3. The van der Waals surface area contributed by atoms with Crippen molar-refractivity contribution in [2.45, 2.75) is 58.5 Å². The predicted molar refractivity (Wildman–Crippen MR) is 56.7 cm³/mol. The number of fused-ring (bicyclic) bond motifs is 1. The Kier molecular flexibility index (Phi) is 2.64. The van der Waals surface area contributed by atoms with E-state index in [1.54, 1.807) is 0 Å². The van der Waals surface area contributed by atoms with Gasteiger partial charge in [0.2, 0.25) is 0 Å². The molecular formula is C12H23N. The Bertz CT molecular complexity index is 178. The van der Waals surface area contributed by atoms with E-state index < -0.39 is 0 Å². The zero-order valence-corrected chi connectivity index (χ0v) is 9.22. The molecule has 2 rings (SSSR count). The molecular weight excluding hydrogens is 158 g/mol. The Morgan fingerprint density at radius 3 is 2.62 bits per heavy atom. The maximum atomic E-state index is 3.69. The minimum atomic E-state index is 0.798. The van der Waals surface area contributed by atoms with Gasteiger partial charge in [0.05, 0.1) is 0 Å². The second kappa shape index (κ2) is 3.61. The van der Waals surface area contributed by atoms with Crippen molar-refractivity contribution in [1.29, 1.82) is 0 Å². The molecule has 1 N–H and O–H groups in total. The highest BCUT2D eigenvalue weighted by Crippen LogP contribution is 2.46. The lowest BCUT2D eigenvalue weighted by Gasteiger charge is -2.44. The van der Waals surface area contributed by atoms with Crippen LogP contribution >= 0.6 is 0 Å². The second-order valence-electron chi connectivity index (χ2n) is 5.17. The molecule has 0 spiro atoms. The zero-order chi connectivity index (χ0) is 9.42. The number of hydrogen-bond donors (Lipinski definition) is 1. The van der Waals surface area contributed by atoms with Crippen LogP contribution in [0.3, 0.4) is 0 Å². The highest BCUT2D eigenvalue weighted by atomic mass is 15.1. The van der Waals surface area contributed by atoms with E-state index in [9.17, 15) is 0 Å². The molecule has 1 saturated carbocycles. The fourth-order valence-corrected chi connectivity index (χ4v) is 3.56. The average Bonchev–Trinajstić information content (AvgIpc) is 2.32. The first-order valence-electron chi connectivity index (χ1n) is 6.00. The molecule has 5 atom stereocenters. The topological polar surface area (TPSA) is 12.0 Å². The summed E-state index contributed by atoms with van der Waals surface area (Å²) in [4.78, 5) is 0. The molecule has 76 valence electrons. The van der Waals surface area contributed by atoms with Gasteiger partial charge in [0.15, 0.2) is 0 Å². The van der Waals surface area contributed by atoms with E-state index in [0.29, 0.717) is 0 Å². The van der Waals surface area contributed by atoms with Crippen LogP contribution in [-0.4, -0.2) is 12.1 Å². The molecule has 0 aromatic carbocycles. The minimum absolute atomic E-state index is 0.798. The lowest BCUT2D eigenvalue weighted by atomic mass is 9.79. The van der Waals surface area contributed by atoms with Gasteiger partial charge in [0, 0.05) is 12.1 Å². The van der Waals surface area contributed by atoms with Crippen molar-refractivity contribution in [3.63, 3.8) is 0 Å². The van der Waals surface area contributed by atoms with Crippen molar-refractivity contribution in [2.24, 2.45) is 17.8 Å². The quantitative estimate of drug-likeness (QED) is 0.706. The summed E-state index contributed by atoms with van der Waals surface area (Å²) < 4.78 is 0. The van der Waals surface area contributed by atoms with Gasteiger partial charge in [0.25, 0.3) is 0 Å². The van der Waals surface area contributed by atoms with Gasteiger partial charge in [-0.1, -0.05) is 26.7 Å². The van der Waals surface area contributed by atoms with E-state index >= 15 is 0 Å². The molecule has 2 fully saturated rings.